The Morgan fingerprint density at radius 2 is 2.00 bits per heavy atom. The number of hydrogen-bond donors (Lipinski definition) is 2. The summed E-state index contributed by atoms with van der Waals surface area (Å²) in [5.41, 5.74) is -4.08. The number of pyridine rings is 1. The van der Waals surface area contributed by atoms with Crippen LogP contribution >= 0.6 is 11.8 Å². The van der Waals surface area contributed by atoms with Crippen LogP contribution in [0.1, 0.15) is 38.3 Å². The first-order valence-corrected chi connectivity index (χ1v) is 10.9. The number of amides is 1. The third kappa shape index (κ3) is 6.31. The smallest absolute Gasteiger partial charge is 0.367 e. The van der Waals surface area contributed by atoms with E-state index < -0.39 is 5.51 Å². The minimum absolute atomic E-state index is 0.0391. The summed E-state index contributed by atoms with van der Waals surface area (Å²) in [5.74, 6) is 5.74. The normalized spacial score (nSPS) is 19.2. The van der Waals surface area contributed by atoms with Crippen molar-refractivity contribution in [3.63, 3.8) is 0 Å². The van der Waals surface area contributed by atoms with Crippen molar-refractivity contribution in [3.05, 3.63) is 23.9 Å². The molecule has 2 aromatic heterocycles. The van der Waals surface area contributed by atoms with Crippen molar-refractivity contribution in [1.29, 1.82) is 0 Å². The Morgan fingerprint density at radius 3 is 2.61 bits per heavy atom. The van der Waals surface area contributed by atoms with E-state index in [1.54, 1.807) is 12.1 Å². The summed E-state index contributed by atoms with van der Waals surface area (Å²) in [5, 5.41) is 10.3. The van der Waals surface area contributed by atoms with Crippen molar-refractivity contribution in [2.24, 2.45) is 0 Å². The number of carbonyl (C=O) groups is 1. The monoisotopic (exact) mass is 453 g/mol. The fourth-order valence-electron chi connectivity index (χ4n) is 3.70. The van der Waals surface area contributed by atoms with E-state index in [1.807, 2.05) is 6.07 Å². The summed E-state index contributed by atoms with van der Waals surface area (Å²) >= 11 is -0.220. The van der Waals surface area contributed by atoms with Gasteiger partial charge in [-0.25, -0.2) is 4.52 Å². The van der Waals surface area contributed by atoms with Crippen molar-refractivity contribution in [1.82, 2.24) is 19.8 Å². The highest BCUT2D eigenvalue weighted by molar-refractivity contribution is 8.00. The number of nitrogens with one attached hydrogen (secondary N) is 2. The molecule has 31 heavy (non-hydrogen) atoms. The van der Waals surface area contributed by atoms with E-state index >= 15 is 0 Å². The molecule has 2 heterocycles. The van der Waals surface area contributed by atoms with E-state index in [9.17, 15) is 18.0 Å². The average molecular weight is 454 g/mol. The number of carbonyl (C=O) groups excluding carboxylic acids is 1. The first-order chi connectivity index (χ1) is 14.6. The summed E-state index contributed by atoms with van der Waals surface area (Å²) < 4.78 is 41.1. The van der Waals surface area contributed by atoms with Crippen LogP contribution in [-0.2, 0) is 4.79 Å². The van der Waals surface area contributed by atoms with E-state index in [0.717, 1.165) is 25.7 Å². The highest BCUT2D eigenvalue weighted by atomic mass is 32.2. The molecule has 0 unspecified atom stereocenters. The molecule has 0 saturated heterocycles. The Balaban J connectivity index is 1.88. The van der Waals surface area contributed by atoms with Crippen LogP contribution in [-0.4, -0.2) is 58.7 Å². The van der Waals surface area contributed by atoms with E-state index in [1.165, 1.54) is 11.4 Å². The van der Waals surface area contributed by atoms with Gasteiger partial charge in [0, 0.05) is 19.0 Å². The SMILES string of the molecule is CC(=O)NCC#Cc1nn2c(NC3CCC(N(C)C)CC3)cccc2c1SC(F)(F)F. The lowest BCUT2D eigenvalue weighted by molar-refractivity contribution is -0.118. The number of anilines is 1. The van der Waals surface area contributed by atoms with Gasteiger partial charge in [-0.15, -0.1) is 0 Å². The Kier molecular flexibility index (Phi) is 7.38. The second kappa shape index (κ2) is 9.83. The van der Waals surface area contributed by atoms with Crippen molar-refractivity contribution in [2.75, 3.05) is 26.0 Å². The Hall–Kier alpha value is -2.38. The number of nitrogens with zero attached hydrogens (tertiary/aromatic N) is 3. The third-order valence-electron chi connectivity index (χ3n) is 5.24. The fourth-order valence-corrected chi connectivity index (χ4v) is 4.38. The van der Waals surface area contributed by atoms with Gasteiger partial charge in [-0.1, -0.05) is 12.0 Å². The standard InChI is InChI=1S/C21H26F3N5OS/c1-14(30)25-13-5-6-17-20(31-21(22,23)24)18-7-4-8-19(29(18)27-17)26-15-9-11-16(12-10-15)28(2)3/h4,7-8,15-16,26H,9-13H2,1-3H3,(H,25,30). The van der Waals surface area contributed by atoms with Gasteiger partial charge in [0.05, 0.1) is 17.0 Å². The Labute approximate surface area is 183 Å². The summed E-state index contributed by atoms with van der Waals surface area (Å²) in [6, 6.07) is 5.93. The second-order valence-corrected chi connectivity index (χ2v) is 8.83. The van der Waals surface area contributed by atoms with Crippen molar-refractivity contribution in [3.8, 4) is 11.8 Å². The van der Waals surface area contributed by atoms with Crippen molar-refractivity contribution < 1.29 is 18.0 Å². The molecule has 1 aliphatic carbocycles. The molecule has 0 atom stereocenters. The number of thioether (sulfide) groups is 1. The van der Waals surface area contributed by atoms with Crippen LogP contribution < -0.4 is 10.6 Å². The number of fused-ring (bicyclic) bond motifs is 1. The molecule has 10 heteroatoms. The van der Waals surface area contributed by atoms with Crippen LogP contribution in [0.15, 0.2) is 23.1 Å². The van der Waals surface area contributed by atoms with E-state index in [4.69, 9.17) is 0 Å². The molecule has 1 saturated carbocycles. The van der Waals surface area contributed by atoms with E-state index in [0.29, 0.717) is 17.4 Å². The molecule has 1 fully saturated rings. The molecule has 3 rings (SSSR count). The predicted octanol–water partition coefficient (Wildman–Crippen LogP) is 3.72. The van der Waals surface area contributed by atoms with Crippen LogP contribution in [0, 0.1) is 11.8 Å². The first kappa shape index (κ1) is 23.3. The molecule has 0 bridgehead atoms. The summed E-state index contributed by atoms with van der Waals surface area (Å²) in [6.07, 6.45) is 4.09. The number of aromatic nitrogens is 2. The summed E-state index contributed by atoms with van der Waals surface area (Å²) in [6.45, 7) is 1.39. The van der Waals surface area contributed by atoms with Gasteiger partial charge < -0.3 is 15.5 Å². The van der Waals surface area contributed by atoms with E-state index in [2.05, 4.69) is 46.6 Å². The highest BCUT2D eigenvalue weighted by Crippen LogP contribution is 2.41. The van der Waals surface area contributed by atoms with Gasteiger partial charge in [0.2, 0.25) is 5.91 Å². The molecule has 2 N–H and O–H groups in total. The van der Waals surface area contributed by atoms with Gasteiger partial charge in [0.1, 0.15) is 11.5 Å². The van der Waals surface area contributed by atoms with Crippen LogP contribution in [0.5, 0.6) is 0 Å². The minimum Gasteiger partial charge on any atom is -0.367 e. The average Bonchev–Trinajstić information content (AvgIpc) is 3.02. The van der Waals surface area contributed by atoms with Crippen LogP contribution in [0.2, 0.25) is 0 Å². The number of rotatable bonds is 5. The highest BCUT2D eigenvalue weighted by Gasteiger charge is 2.33. The topological polar surface area (TPSA) is 61.7 Å². The first-order valence-electron chi connectivity index (χ1n) is 10.1. The Morgan fingerprint density at radius 1 is 1.29 bits per heavy atom. The number of halogens is 3. The lowest BCUT2D eigenvalue weighted by Gasteiger charge is -2.33. The third-order valence-corrected chi connectivity index (χ3v) is 6.08. The van der Waals surface area contributed by atoms with Gasteiger partial charge in [-0.05, 0) is 69.6 Å². The van der Waals surface area contributed by atoms with Crippen molar-refractivity contribution in [2.45, 2.75) is 55.1 Å². The van der Waals surface area contributed by atoms with Gasteiger partial charge in [-0.2, -0.15) is 18.3 Å². The number of hydrogen-bond acceptors (Lipinski definition) is 5. The van der Waals surface area contributed by atoms with E-state index in [-0.39, 0.29) is 40.8 Å². The molecule has 1 aliphatic rings. The zero-order chi connectivity index (χ0) is 22.6. The molecule has 2 aromatic rings. The van der Waals surface area contributed by atoms with Gasteiger partial charge in [-0.3, -0.25) is 4.79 Å². The molecule has 168 valence electrons. The molecule has 0 aliphatic heterocycles. The summed E-state index contributed by atoms with van der Waals surface area (Å²) in [7, 11) is 4.16. The van der Waals surface area contributed by atoms with Gasteiger partial charge in [0.15, 0.2) is 0 Å². The van der Waals surface area contributed by atoms with Crippen LogP contribution in [0.4, 0.5) is 19.0 Å². The molecule has 0 radical (unpaired) electrons. The zero-order valence-electron chi connectivity index (χ0n) is 17.7. The zero-order valence-corrected chi connectivity index (χ0v) is 18.5. The largest absolute Gasteiger partial charge is 0.446 e. The maximum Gasteiger partial charge on any atom is 0.446 e. The number of alkyl halides is 3. The van der Waals surface area contributed by atoms with Crippen molar-refractivity contribution >= 4 is 29.0 Å². The van der Waals surface area contributed by atoms with Gasteiger partial charge >= 0.3 is 5.51 Å². The molecule has 6 nitrogen and oxygen atoms in total. The molecule has 0 aromatic carbocycles. The van der Waals surface area contributed by atoms with Crippen LogP contribution in [0.25, 0.3) is 5.52 Å². The molecular formula is C21H26F3N5OS. The lowest BCUT2D eigenvalue weighted by atomic mass is 9.90. The van der Waals surface area contributed by atoms with Crippen LogP contribution in [0.3, 0.4) is 0 Å². The second-order valence-electron chi connectivity index (χ2n) is 7.76. The molecule has 1 amide bonds. The maximum absolute atomic E-state index is 13.2. The molecule has 0 spiro atoms. The predicted molar refractivity (Wildman–Crippen MR) is 116 cm³/mol. The molecular weight excluding hydrogens is 427 g/mol. The minimum atomic E-state index is -4.47. The maximum atomic E-state index is 13.2. The summed E-state index contributed by atoms with van der Waals surface area (Å²) in [4.78, 5) is 13.2. The van der Waals surface area contributed by atoms with Gasteiger partial charge in [0.25, 0.3) is 0 Å². The fraction of sp³-hybridized carbons (Fsp3) is 0.524. The quantitative estimate of drug-likeness (QED) is 0.534. The lowest BCUT2D eigenvalue weighted by Crippen LogP contribution is -2.36. The Bertz CT molecular complexity index is 985.